The van der Waals surface area contributed by atoms with E-state index in [2.05, 4.69) is 0 Å². The van der Waals surface area contributed by atoms with Gasteiger partial charge in [-0.25, -0.2) is 12.7 Å². The molecule has 2 saturated heterocycles. The molecule has 1 aliphatic carbocycles. The van der Waals surface area contributed by atoms with Crippen LogP contribution >= 0.6 is 0 Å². The average molecular weight is 247 g/mol. The Kier molecular flexibility index (Phi) is 2.51. The third-order valence-electron chi connectivity index (χ3n) is 3.60. The maximum Gasteiger partial charge on any atom is 0.216 e. The molecule has 0 unspecified atom stereocenters. The predicted octanol–water partition coefficient (Wildman–Crippen LogP) is 0.318. The standard InChI is InChI=1S/C10H17NO4S/c12-16(13,9-1-2-9)11-5-3-10(4-6-11)14-7-8-15-10/h9H,1-8H2. The molecule has 6 heteroatoms. The van der Waals surface area contributed by atoms with Crippen molar-refractivity contribution in [3.05, 3.63) is 0 Å². The van der Waals surface area contributed by atoms with Crippen LogP contribution in [-0.2, 0) is 19.5 Å². The number of ether oxygens (including phenoxy) is 2. The van der Waals surface area contributed by atoms with Crippen LogP contribution in [0.4, 0.5) is 0 Å². The van der Waals surface area contributed by atoms with Gasteiger partial charge < -0.3 is 9.47 Å². The number of nitrogens with zero attached hydrogens (tertiary/aromatic N) is 1. The summed E-state index contributed by atoms with van der Waals surface area (Å²) in [6, 6.07) is 0. The van der Waals surface area contributed by atoms with Crippen LogP contribution in [0.2, 0.25) is 0 Å². The van der Waals surface area contributed by atoms with Crippen molar-refractivity contribution in [3.63, 3.8) is 0 Å². The first-order valence-electron chi connectivity index (χ1n) is 5.89. The zero-order chi connectivity index (χ0) is 11.2. The van der Waals surface area contributed by atoms with Crippen molar-refractivity contribution in [2.45, 2.75) is 36.7 Å². The number of piperidine rings is 1. The van der Waals surface area contributed by atoms with Crippen molar-refractivity contribution >= 4 is 10.0 Å². The molecule has 0 radical (unpaired) electrons. The molecule has 0 aromatic rings. The Morgan fingerprint density at radius 1 is 1.06 bits per heavy atom. The highest BCUT2D eigenvalue weighted by Gasteiger charge is 2.46. The topological polar surface area (TPSA) is 55.8 Å². The summed E-state index contributed by atoms with van der Waals surface area (Å²) in [7, 11) is -3.01. The van der Waals surface area contributed by atoms with Gasteiger partial charge in [-0.05, 0) is 12.8 Å². The van der Waals surface area contributed by atoms with Crippen LogP contribution < -0.4 is 0 Å². The van der Waals surface area contributed by atoms with Crippen molar-refractivity contribution in [1.29, 1.82) is 0 Å². The van der Waals surface area contributed by atoms with Crippen molar-refractivity contribution in [2.24, 2.45) is 0 Å². The van der Waals surface area contributed by atoms with E-state index in [9.17, 15) is 8.42 Å². The number of hydrogen-bond acceptors (Lipinski definition) is 4. The van der Waals surface area contributed by atoms with Crippen LogP contribution in [0.3, 0.4) is 0 Å². The number of sulfonamides is 1. The molecule has 0 atom stereocenters. The van der Waals surface area contributed by atoms with Gasteiger partial charge in [-0.15, -0.1) is 0 Å². The Bertz CT molecular complexity index is 360. The minimum atomic E-state index is -3.01. The van der Waals surface area contributed by atoms with Crippen molar-refractivity contribution in [3.8, 4) is 0 Å². The minimum Gasteiger partial charge on any atom is -0.347 e. The minimum absolute atomic E-state index is 0.105. The van der Waals surface area contributed by atoms with E-state index in [4.69, 9.17) is 9.47 Å². The van der Waals surface area contributed by atoms with Crippen LogP contribution in [0.25, 0.3) is 0 Å². The molecule has 0 bridgehead atoms. The highest BCUT2D eigenvalue weighted by molar-refractivity contribution is 7.90. The molecule has 0 amide bonds. The van der Waals surface area contributed by atoms with Gasteiger partial charge in [0, 0.05) is 25.9 Å². The fraction of sp³-hybridized carbons (Fsp3) is 1.00. The summed E-state index contributed by atoms with van der Waals surface area (Å²) in [5.41, 5.74) is 0. The maximum absolute atomic E-state index is 12.0. The molecule has 5 nitrogen and oxygen atoms in total. The second-order valence-corrected chi connectivity index (χ2v) is 6.96. The zero-order valence-corrected chi connectivity index (χ0v) is 10.0. The quantitative estimate of drug-likeness (QED) is 0.705. The Hall–Kier alpha value is -0.170. The monoisotopic (exact) mass is 247 g/mol. The molecule has 1 spiro atoms. The summed E-state index contributed by atoms with van der Waals surface area (Å²) in [6.45, 7) is 2.35. The Balaban J connectivity index is 1.66. The molecule has 3 fully saturated rings. The highest BCUT2D eigenvalue weighted by Crippen LogP contribution is 2.36. The molecule has 3 rings (SSSR count). The summed E-state index contributed by atoms with van der Waals surface area (Å²) < 4.78 is 36.8. The Morgan fingerprint density at radius 3 is 2.12 bits per heavy atom. The SMILES string of the molecule is O=S(=O)(C1CC1)N1CCC2(CC1)OCCO2. The molecular formula is C10H17NO4S. The molecule has 16 heavy (non-hydrogen) atoms. The summed E-state index contributed by atoms with van der Waals surface area (Å²) in [5.74, 6) is -0.477. The third kappa shape index (κ3) is 1.77. The van der Waals surface area contributed by atoms with Crippen molar-refractivity contribution in [1.82, 2.24) is 4.31 Å². The smallest absolute Gasteiger partial charge is 0.216 e. The van der Waals surface area contributed by atoms with E-state index in [1.54, 1.807) is 4.31 Å². The van der Waals surface area contributed by atoms with Crippen molar-refractivity contribution in [2.75, 3.05) is 26.3 Å². The fourth-order valence-electron chi connectivity index (χ4n) is 2.44. The van der Waals surface area contributed by atoms with Gasteiger partial charge in [-0.2, -0.15) is 0 Å². The Morgan fingerprint density at radius 2 is 1.62 bits per heavy atom. The van der Waals surface area contributed by atoms with Gasteiger partial charge >= 0.3 is 0 Å². The van der Waals surface area contributed by atoms with Crippen LogP contribution in [0.15, 0.2) is 0 Å². The first-order valence-corrected chi connectivity index (χ1v) is 7.40. The molecule has 2 aliphatic heterocycles. The summed E-state index contributed by atoms with van der Waals surface area (Å²) in [6.07, 6.45) is 2.99. The van der Waals surface area contributed by atoms with E-state index in [1.807, 2.05) is 0 Å². The first kappa shape index (κ1) is 11.0. The largest absolute Gasteiger partial charge is 0.347 e. The van der Waals surface area contributed by atoms with E-state index in [-0.39, 0.29) is 5.25 Å². The molecular weight excluding hydrogens is 230 g/mol. The second kappa shape index (κ2) is 3.66. The lowest BCUT2D eigenvalue weighted by atomic mass is 10.1. The van der Waals surface area contributed by atoms with E-state index in [1.165, 1.54) is 0 Å². The highest BCUT2D eigenvalue weighted by atomic mass is 32.2. The summed E-state index contributed by atoms with van der Waals surface area (Å²) in [5, 5.41) is -0.105. The average Bonchev–Trinajstić information content (AvgIpc) is 3.04. The first-order chi connectivity index (χ1) is 7.62. The lowest BCUT2D eigenvalue weighted by Gasteiger charge is -2.36. The molecule has 92 valence electrons. The zero-order valence-electron chi connectivity index (χ0n) is 9.22. The molecule has 0 N–H and O–H groups in total. The fourth-order valence-corrected chi connectivity index (χ4v) is 4.29. The second-order valence-electron chi connectivity index (χ2n) is 4.75. The summed E-state index contributed by atoms with van der Waals surface area (Å²) in [4.78, 5) is 0. The number of rotatable bonds is 2. The van der Waals surface area contributed by atoms with Crippen molar-refractivity contribution < 1.29 is 17.9 Å². The van der Waals surface area contributed by atoms with Gasteiger partial charge in [-0.1, -0.05) is 0 Å². The van der Waals surface area contributed by atoms with Gasteiger partial charge in [0.25, 0.3) is 0 Å². The molecule has 0 aromatic carbocycles. The van der Waals surface area contributed by atoms with E-state index >= 15 is 0 Å². The van der Waals surface area contributed by atoms with E-state index < -0.39 is 15.8 Å². The van der Waals surface area contributed by atoms with Crippen LogP contribution in [0, 0.1) is 0 Å². The molecule has 3 aliphatic rings. The maximum atomic E-state index is 12.0. The Labute approximate surface area is 95.8 Å². The predicted molar refractivity (Wildman–Crippen MR) is 57.4 cm³/mol. The lowest BCUT2D eigenvalue weighted by Crippen LogP contribution is -2.48. The normalized spacial score (nSPS) is 31.0. The van der Waals surface area contributed by atoms with Crippen LogP contribution in [-0.4, -0.2) is 50.1 Å². The lowest BCUT2D eigenvalue weighted by molar-refractivity contribution is -0.179. The van der Waals surface area contributed by atoms with E-state index in [0.717, 1.165) is 12.8 Å². The molecule has 1 saturated carbocycles. The van der Waals surface area contributed by atoms with Gasteiger partial charge in [0.15, 0.2) is 5.79 Å². The van der Waals surface area contributed by atoms with Crippen LogP contribution in [0.5, 0.6) is 0 Å². The van der Waals surface area contributed by atoms with E-state index in [0.29, 0.717) is 39.1 Å². The summed E-state index contributed by atoms with van der Waals surface area (Å²) >= 11 is 0. The third-order valence-corrected chi connectivity index (χ3v) is 6.00. The van der Waals surface area contributed by atoms with Crippen LogP contribution in [0.1, 0.15) is 25.7 Å². The molecule has 2 heterocycles. The van der Waals surface area contributed by atoms with Gasteiger partial charge in [-0.3, -0.25) is 0 Å². The number of hydrogen-bond donors (Lipinski definition) is 0. The van der Waals surface area contributed by atoms with Gasteiger partial charge in [0.1, 0.15) is 0 Å². The van der Waals surface area contributed by atoms with Gasteiger partial charge in [0.05, 0.1) is 18.5 Å². The van der Waals surface area contributed by atoms with Gasteiger partial charge in [0.2, 0.25) is 10.0 Å². The molecule has 0 aromatic heterocycles.